The summed E-state index contributed by atoms with van der Waals surface area (Å²) in [6.45, 7) is 19.7. The molecule has 0 unspecified atom stereocenters. The molecule has 0 aromatic rings. The topological polar surface area (TPSA) is 97.7 Å². The molecule has 8 fully saturated rings. The van der Waals surface area contributed by atoms with Crippen LogP contribution in [0.4, 0.5) is 0 Å². The molecule has 0 aromatic carbocycles. The molecule has 2 saturated heterocycles. The highest BCUT2D eigenvalue weighted by Gasteiger charge is 2.84. The second-order valence-electron chi connectivity index (χ2n) is 19.7. The number of morpholine rings is 1. The highest BCUT2D eigenvalue weighted by molar-refractivity contribution is 5.66. The summed E-state index contributed by atoms with van der Waals surface area (Å²) >= 11 is 0. The molecule has 48 heavy (non-hydrogen) atoms. The molecule has 8 heteroatoms. The van der Waals surface area contributed by atoms with Gasteiger partial charge in [0, 0.05) is 31.5 Å². The predicted octanol–water partition coefficient (Wildman–Crippen LogP) is 6.10. The third-order valence-electron chi connectivity index (χ3n) is 17.1. The molecule has 14 atom stereocenters. The highest BCUT2D eigenvalue weighted by Crippen LogP contribution is 2.89. The van der Waals surface area contributed by atoms with Crippen molar-refractivity contribution in [3.8, 4) is 0 Å². The molecule has 8 aliphatic rings. The molecular formula is C40H65NO7. The van der Waals surface area contributed by atoms with E-state index in [-0.39, 0.29) is 52.0 Å². The second-order valence-corrected chi connectivity index (χ2v) is 19.7. The molecule has 2 N–H and O–H groups in total. The van der Waals surface area contributed by atoms with Crippen molar-refractivity contribution in [2.75, 3.05) is 19.7 Å². The Labute approximate surface area is 289 Å². The van der Waals surface area contributed by atoms with Gasteiger partial charge in [-0.15, -0.1) is 0 Å². The van der Waals surface area contributed by atoms with Crippen molar-refractivity contribution in [3.63, 3.8) is 0 Å². The number of carbonyl (C=O) groups excluding carboxylic acids is 1. The number of hydrogen-bond acceptors (Lipinski definition) is 8. The Hall–Kier alpha value is -0.770. The third kappa shape index (κ3) is 4.56. The minimum absolute atomic E-state index is 0.0415. The molecular weight excluding hydrogens is 606 g/mol. The Bertz CT molecular complexity index is 1280. The first-order chi connectivity index (χ1) is 22.5. The predicted molar refractivity (Wildman–Crippen MR) is 182 cm³/mol. The number of aliphatic hydroxyl groups is 2. The number of aliphatic hydroxyl groups excluding tert-OH is 1. The molecule has 0 radical (unpaired) electrons. The highest BCUT2D eigenvalue weighted by atomic mass is 16.7. The van der Waals surface area contributed by atoms with Gasteiger partial charge in [0.25, 0.3) is 0 Å². The van der Waals surface area contributed by atoms with Crippen LogP contribution in [0.25, 0.3) is 0 Å². The standard InChI is InChI=1S/C40H65NO7/c1-23-20-26(34(36(5,6)44)46-24(2)42)47-32-31(23)37(7)16-17-40-22-39(40)15-14-29(48-30-21-41(18-19-45-30)25-10-9-11-25)35(3,4)27(39)12-13-28(40)38(37,8)33(32)43/h23,25-34,43-44H,9-22H2,1-8H3/t23-,26-,27+,28+,29+,30+,31+,32+,33+,34+,37-,38-,39-,40+/m1/s1. The zero-order chi connectivity index (χ0) is 34.2. The number of hydrogen-bond donors (Lipinski definition) is 2. The van der Waals surface area contributed by atoms with E-state index in [1.165, 1.54) is 51.9 Å². The first kappa shape index (κ1) is 34.3. The van der Waals surface area contributed by atoms with Gasteiger partial charge < -0.3 is 29.2 Å². The van der Waals surface area contributed by atoms with Crippen LogP contribution in [0.5, 0.6) is 0 Å². The van der Waals surface area contributed by atoms with Crippen LogP contribution in [0.1, 0.15) is 126 Å². The fraction of sp³-hybridized carbons (Fsp3) is 0.975. The summed E-state index contributed by atoms with van der Waals surface area (Å²) in [4.78, 5) is 14.7. The van der Waals surface area contributed by atoms with E-state index in [0.29, 0.717) is 23.7 Å². The Morgan fingerprint density at radius 3 is 2.38 bits per heavy atom. The van der Waals surface area contributed by atoms with Crippen LogP contribution in [0.15, 0.2) is 0 Å². The average molecular weight is 672 g/mol. The summed E-state index contributed by atoms with van der Waals surface area (Å²) in [5.74, 6) is 1.18. The summed E-state index contributed by atoms with van der Waals surface area (Å²) < 4.78 is 25.8. The van der Waals surface area contributed by atoms with Crippen molar-refractivity contribution in [1.82, 2.24) is 4.90 Å². The molecule has 6 aliphatic carbocycles. The lowest BCUT2D eigenvalue weighted by atomic mass is 9.41. The molecule has 272 valence electrons. The molecule has 0 bridgehead atoms. The van der Waals surface area contributed by atoms with Crippen LogP contribution in [-0.4, -0.2) is 89.2 Å². The molecule has 6 saturated carbocycles. The van der Waals surface area contributed by atoms with Crippen LogP contribution in [0, 0.1) is 50.7 Å². The minimum atomic E-state index is -1.25. The Morgan fingerprint density at radius 2 is 1.71 bits per heavy atom. The first-order valence-electron chi connectivity index (χ1n) is 19.7. The van der Waals surface area contributed by atoms with E-state index in [4.69, 9.17) is 18.9 Å². The van der Waals surface area contributed by atoms with E-state index in [9.17, 15) is 15.0 Å². The molecule has 2 heterocycles. The average Bonchev–Trinajstić information content (AvgIpc) is 3.61. The zero-order valence-electron chi connectivity index (χ0n) is 31.1. The maximum Gasteiger partial charge on any atom is 0.303 e. The number of fused-ring (bicyclic) bond motifs is 4. The second kappa shape index (κ2) is 11.1. The Morgan fingerprint density at radius 1 is 1.00 bits per heavy atom. The van der Waals surface area contributed by atoms with Gasteiger partial charge in [0.2, 0.25) is 0 Å². The van der Waals surface area contributed by atoms with Gasteiger partial charge in [0.1, 0.15) is 0 Å². The largest absolute Gasteiger partial charge is 0.457 e. The normalized spacial score (nSPS) is 52.1. The number of ether oxygens (including phenoxy) is 4. The fourth-order valence-corrected chi connectivity index (χ4v) is 14.6. The Kier molecular flexibility index (Phi) is 7.95. The van der Waals surface area contributed by atoms with Gasteiger partial charge in [0.15, 0.2) is 12.4 Å². The first-order valence-corrected chi connectivity index (χ1v) is 19.7. The lowest BCUT2D eigenvalue weighted by molar-refractivity contribution is -0.252. The minimum Gasteiger partial charge on any atom is -0.457 e. The number of nitrogens with zero attached hydrogens (tertiary/aromatic N) is 1. The molecule has 8 rings (SSSR count). The van der Waals surface area contributed by atoms with Gasteiger partial charge in [0.05, 0.1) is 36.6 Å². The monoisotopic (exact) mass is 671 g/mol. The van der Waals surface area contributed by atoms with Crippen molar-refractivity contribution in [2.24, 2.45) is 50.7 Å². The lowest BCUT2D eigenvalue weighted by Gasteiger charge is -2.64. The SMILES string of the molecule is CC(=O)O[C@@H]([C@H]1C[C@@H](C)[C@H]2[C@H](O1)[C@H](O)[C@@]1(C)[C@@H]3CC[C@H]4C(C)(C)[C@@H](O[C@H]5CN(C6CCC6)CCO5)CC[C@@]45C[C@@]35CC[C@]21C)C(C)(C)O. The third-order valence-corrected chi connectivity index (χ3v) is 17.1. The summed E-state index contributed by atoms with van der Waals surface area (Å²) in [6, 6.07) is 0.730. The molecule has 0 amide bonds. The van der Waals surface area contributed by atoms with Crippen molar-refractivity contribution < 1.29 is 34.0 Å². The van der Waals surface area contributed by atoms with Gasteiger partial charge in [-0.25, -0.2) is 0 Å². The molecule has 2 spiro atoms. The number of rotatable bonds is 6. The smallest absolute Gasteiger partial charge is 0.303 e. The maximum atomic E-state index is 12.6. The van der Waals surface area contributed by atoms with Gasteiger partial charge in [-0.1, -0.05) is 41.0 Å². The van der Waals surface area contributed by atoms with Crippen LogP contribution in [0.3, 0.4) is 0 Å². The van der Waals surface area contributed by atoms with Crippen LogP contribution in [-0.2, 0) is 23.7 Å². The van der Waals surface area contributed by atoms with E-state index in [1.54, 1.807) is 13.8 Å². The van der Waals surface area contributed by atoms with Crippen molar-refractivity contribution in [1.29, 1.82) is 0 Å². The van der Waals surface area contributed by atoms with E-state index in [0.717, 1.165) is 45.0 Å². The molecule has 0 aromatic heterocycles. The van der Waals surface area contributed by atoms with Crippen molar-refractivity contribution in [2.45, 2.75) is 174 Å². The van der Waals surface area contributed by atoms with Crippen molar-refractivity contribution in [3.05, 3.63) is 0 Å². The van der Waals surface area contributed by atoms with Gasteiger partial charge in [-0.3, -0.25) is 9.69 Å². The summed E-state index contributed by atoms with van der Waals surface area (Å²) in [5, 5.41) is 23.6. The van der Waals surface area contributed by atoms with Crippen LogP contribution >= 0.6 is 0 Å². The summed E-state index contributed by atoms with van der Waals surface area (Å²) in [6.07, 6.45) is 11.0. The zero-order valence-corrected chi connectivity index (χ0v) is 31.1. The van der Waals surface area contributed by atoms with Crippen LogP contribution < -0.4 is 0 Å². The number of carbonyl (C=O) groups is 1. The summed E-state index contributed by atoms with van der Waals surface area (Å²) in [7, 11) is 0. The van der Waals surface area contributed by atoms with E-state index in [2.05, 4.69) is 39.5 Å². The van der Waals surface area contributed by atoms with Crippen LogP contribution in [0.2, 0.25) is 0 Å². The van der Waals surface area contributed by atoms with E-state index < -0.39 is 29.9 Å². The van der Waals surface area contributed by atoms with Crippen molar-refractivity contribution >= 4 is 5.97 Å². The molecule has 2 aliphatic heterocycles. The van der Waals surface area contributed by atoms with E-state index >= 15 is 0 Å². The van der Waals surface area contributed by atoms with Gasteiger partial charge in [-0.2, -0.15) is 0 Å². The van der Waals surface area contributed by atoms with Gasteiger partial charge >= 0.3 is 5.97 Å². The molecule has 8 nitrogen and oxygen atoms in total. The van der Waals surface area contributed by atoms with E-state index in [1.807, 2.05) is 0 Å². The fourth-order valence-electron chi connectivity index (χ4n) is 14.6. The Balaban J connectivity index is 1.03. The summed E-state index contributed by atoms with van der Waals surface area (Å²) in [5.41, 5.74) is -0.864. The lowest BCUT2D eigenvalue weighted by Crippen LogP contribution is -2.60. The maximum absolute atomic E-state index is 12.6. The van der Waals surface area contributed by atoms with Gasteiger partial charge in [-0.05, 0) is 123 Å². The number of esters is 1. The quantitative estimate of drug-likeness (QED) is 0.327.